The van der Waals surface area contributed by atoms with Crippen molar-refractivity contribution in [3.8, 4) is 5.75 Å². The number of hydrogen-bond donors (Lipinski definition) is 1. The molecule has 1 aromatic carbocycles. The Morgan fingerprint density at radius 2 is 2.19 bits per heavy atom. The predicted octanol–water partition coefficient (Wildman–Crippen LogP) is 1.76. The van der Waals surface area contributed by atoms with Gasteiger partial charge >= 0.3 is 0 Å². The lowest BCUT2D eigenvalue weighted by Crippen LogP contribution is -2.32. The van der Waals surface area contributed by atoms with Gasteiger partial charge in [-0.3, -0.25) is 4.79 Å². The minimum atomic E-state index is -0.267. The Labute approximate surface area is 122 Å². The van der Waals surface area contributed by atoms with Gasteiger partial charge in [0.15, 0.2) is 0 Å². The van der Waals surface area contributed by atoms with Gasteiger partial charge in [0.2, 0.25) is 0 Å². The Balaban J connectivity index is 1.85. The average Bonchev–Trinajstić information content (AvgIpc) is 2.85. The van der Waals surface area contributed by atoms with Crippen LogP contribution in [0.3, 0.4) is 0 Å². The van der Waals surface area contributed by atoms with E-state index in [-0.39, 0.29) is 24.0 Å². The number of nitrogens with two attached hydrogens (primary N) is 1. The standard InChI is InChI=1S/C16H17FN2O2/c1-10-2-3-11(8-18)16(20)19(10)9-14-7-12-6-13(17)4-5-15(12)21-14/h2-6,14H,7-9,18H2,1H3. The smallest absolute Gasteiger partial charge is 0.255 e. The van der Waals surface area contributed by atoms with E-state index in [0.29, 0.717) is 24.3 Å². The van der Waals surface area contributed by atoms with Gasteiger partial charge in [-0.2, -0.15) is 0 Å². The van der Waals surface area contributed by atoms with E-state index in [1.54, 1.807) is 16.7 Å². The van der Waals surface area contributed by atoms with Crippen molar-refractivity contribution in [3.63, 3.8) is 0 Å². The Morgan fingerprint density at radius 3 is 2.95 bits per heavy atom. The number of halogens is 1. The fourth-order valence-electron chi connectivity index (χ4n) is 2.69. The van der Waals surface area contributed by atoms with Crippen molar-refractivity contribution in [2.75, 3.05) is 0 Å². The van der Waals surface area contributed by atoms with Gasteiger partial charge in [-0.1, -0.05) is 6.07 Å². The summed E-state index contributed by atoms with van der Waals surface area (Å²) in [5.74, 6) is 0.429. The molecule has 0 saturated heterocycles. The second-order valence-electron chi connectivity index (χ2n) is 5.32. The summed E-state index contributed by atoms with van der Waals surface area (Å²) in [7, 11) is 0. The number of aryl methyl sites for hydroxylation is 1. The lowest BCUT2D eigenvalue weighted by molar-refractivity contribution is 0.206. The Kier molecular flexibility index (Phi) is 3.51. The van der Waals surface area contributed by atoms with E-state index in [4.69, 9.17) is 10.5 Å². The SMILES string of the molecule is Cc1ccc(CN)c(=O)n1CC1Cc2cc(F)ccc2O1. The molecule has 0 bridgehead atoms. The van der Waals surface area contributed by atoms with Crippen LogP contribution in [-0.4, -0.2) is 10.7 Å². The second kappa shape index (κ2) is 5.33. The van der Waals surface area contributed by atoms with Crippen molar-refractivity contribution in [1.29, 1.82) is 0 Å². The predicted molar refractivity (Wildman–Crippen MR) is 77.9 cm³/mol. The molecule has 4 nitrogen and oxygen atoms in total. The van der Waals surface area contributed by atoms with Gasteiger partial charge in [0.1, 0.15) is 17.7 Å². The lowest BCUT2D eigenvalue weighted by Gasteiger charge is -2.16. The molecule has 0 spiro atoms. The quantitative estimate of drug-likeness (QED) is 0.936. The Bertz CT molecular complexity index is 740. The van der Waals surface area contributed by atoms with Crippen LogP contribution >= 0.6 is 0 Å². The molecule has 2 aromatic rings. The topological polar surface area (TPSA) is 57.2 Å². The van der Waals surface area contributed by atoms with E-state index >= 15 is 0 Å². The first-order valence-corrected chi connectivity index (χ1v) is 6.93. The highest BCUT2D eigenvalue weighted by molar-refractivity contribution is 5.37. The molecular formula is C16H17FN2O2. The summed E-state index contributed by atoms with van der Waals surface area (Å²) in [4.78, 5) is 12.3. The average molecular weight is 288 g/mol. The zero-order chi connectivity index (χ0) is 15.0. The van der Waals surface area contributed by atoms with Crippen LogP contribution < -0.4 is 16.0 Å². The molecule has 1 unspecified atom stereocenters. The summed E-state index contributed by atoms with van der Waals surface area (Å²) in [6, 6.07) is 8.14. The van der Waals surface area contributed by atoms with E-state index < -0.39 is 0 Å². The monoisotopic (exact) mass is 288 g/mol. The largest absolute Gasteiger partial charge is 0.488 e. The number of fused-ring (bicyclic) bond motifs is 1. The number of nitrogens with zero attached hydrogens (tertiary/aromatic N) is 1. The third-order valence-corrected chi connectivity index (χ3v) is 3.84. The molecular weight excluding hydrogens is 271 g/mol. The molecule has 0 saturated carbocycles. The third kappa shape index (κ3) is 2.56. The van der Waals surface area contributed by atoms with Gasteiger partial charge in [-0.05, 0) is 31.2 Å². The maximum Gasteiger partial charge on any atom is 0.255 e. The van der Waals surface area contributed by atoms with Crippen LogP contribution in [0.2, 0.25) is 0 Å². The van der Waals surface area contributed by atoms with Crippen molar-refractivity contribution >= 4 is 0 Å². The van der Waals surface area contributed by atoms with Crippen LogP contribution in [0.15, 0.2) is 35.1 Å². The number of rotatable bonds is 3. The molecule has 0 amide bonds. The molecule has 1 aliphatic rings. The summed E-state index contributed by atoms with van der Waals surface area (Å²) < 4.78 is 20.7. The molecule has 0 fully saturated rings. The molecule has 5 heteroatoms. The van der Waals surface area contributed by atoms with Crippen LogP contribution in [0.25, 0.3) is 0 Å². The normalized spacial score (nSPS) is 16.6. The molecule has 2 N–H and O–H groups in total. The molecule has 110 valence electrons. The van der Waals surface area contributed by atoms with Gasteiger partial charge in [0.05, 0.1) is 6.54 Å². The van der Waals surface area contributed by atoms with Crippen molar-refractivity contribution in [1.82, 2.24) is 4.57 Å². The highest BCUT2D eigenvalue weighted by Gasteiger charge is 2.24. The van der Waals surface area contributed by atoms with Crippen LogP contribution in [-0.2, 0) is 19.5 Å². The van der Waals surface area contributed by atoms with E-state index in [9.17, 15) is 9.18 Å². The lowest BCUT2D eigenvalue weighted by atomic mass is 10.1. The number of ether oxygens (including phenoxy) is 1. The van der Waals surface area contributed by atoms with Crippen molar-refractivity contribution in [2.45, 2.75) is 32.5 Å². The van der Waals surface area contributed by atoms with Gasteiger partial charge < -0.3 is 15.0 Å². The number of hydrogen-bond acceptors (Lipinski definition) is 3. The molecule has 21 heavy (non-hydrogen) atoms. The number of aromatic nitrogens is 1. The maximum absolute atomic E-state index is 13.2. The van der Waals surface area contributed by atoms with E-state index in [1.807, 2.05) is 13.0 Å². The van der Waals surface area contributed by atoms with E-state index in [1.165, 1.54) is 12.1 Å². The first-order valence-electron chi connectivity index (χ1n) is 6.93. The Morgan fingerprint density at radius 1 is 1.38 bits per heavy atom. The highest BCUT2D eigenvalue weighted by atomic mass is 19.1. The molecule has 1 aromatic heterocycles. The second-order valence-corrected chi connectivity index (χ2v) is 5.32. The minimum absolute atomic E-state index is 0.0803. The maximum atomic E-state index is 13.2. The zero-order valence-electron chi connectivity index (χ0n) is 11.8. The van der Waals surface area contributed by atoms with Gasteiger partial charge in [0, 0.05) is 29.8 Å². The molecule has 0 radical (unpaired) electrons. The molecule has 0 aliphatic carbocycles. The molecule has 2 heterocycles. The van der Waals surface area contributed by atoms with Crippen LogP contribution in [0.1, 0.15) is 16.8 Å². The van der Waals surface area contributed by atoms with Crippen molar-refractivity contribution in [2.24, 2.45) is 5.73 Å². The summed E-state index contributed by atoms with van der Waals surface area (Å²) >= 11 is 0. The summed E-state index contributed by atoms with van der Waals surface area (Å²) in [6.45, 7) is 2.54. The van der Waals surface area contributed by atoms with Crippen LogP contribution in [0.4, 0.5) is 4.39 Å². The van der Waals surface area contributed by atoms with E-state index in [2.05, 4.69) is 0 Å². The zero-order valence-corrected chi connectivity index (χ0v) is 11.8. The fourth-order valence-corrected chi connectivity index (χ4v) is 2.69. The summed E-state index contributed by atoms with van der Waals surface area (Å²) in [5.41, 5.74) is 7.79. The van der Waals surface area contributed by atoms with Gasteiger partial charge in [-0.25, -0.2) is 4.39 Å². The third-order valence-electron chi connectivity index (χ3n) is 3.84. The number of benzene rings is 1. The van der Waals surface area contributed by atoms with Gasteiger partial charge in [0.25, 0.3) is 5.56 Å². The fraction of sp³-hybridized carbons (Fsp3) is 0.312. The highest BCUT2D eigenvalue weighted by Crippen LogP contribution is 2.29. The molecule has 1 atom stereocenters. The van der Waals surface area contributed by atoms with E-state index in [0.717, 1.165) is 11.3 Å². The van der Waals surface area contributed by atoms with Gasteiger partial charge in [-0.15, -0.1) is 0 Å². The first kappa shape index (κ1) is 13.8. The summed E-state index contributed by atoms with van der Waals surface area (Å²) in [6.07, 6.45) is 0.442. The first-order chi connectivity index (χ1) is 10.1. The van der Waals surface area contributed by atoms with Crippen molar-refractivity contribution in [3.05, 3.63) is 63.3 Å². The Hall–Kier alpha value is -2.14. The molecule has 1 aliphatic heterocycles. The van der Waals surface area contributed by atoms with Crippen LogP contribution in [0.5, 0.6) is 5.75 Å². The summed E-state index contributed by atoms with van der Waals surface area (Å²) in [5, 5.41) is 0. The number of pyridine rings is 1. The minimum Gasteiger partial charge on any atom is -0.488 e. The van der Waals surface area contributed by atoms with Crippen molar-refractivity contribution < 1.29 is 9.13 Å². The molecule has 3 rings (SSSR count). The van der Waals surface area contributed by atoms with Crippen LogP contribution in [0, 0.1) is 12.7 Å².